The number of carbonyl (C=O) groups is 2. The van der Waals surface area contributed by atoms with Crippen molar-refractivity contribution < 1.29 is 19.4 Å². The molecule has 5 heteroatoms. The topological polar surface area (TPSA) is 75.6 Å². The minimum atomic E-state index is -0.931. The van der Waals surface area contributed by atoms with Crippen LogP contribution < -0.4 is 5.32 Å². The van der Waals surface area contributed by atoms with E-state index in [1.807, 2.05) is 38.1 Å². The lowest BCUT2D eigenvalue weighted by Crippen LogP contribution is -2.41. The number of amides is 1. The summed E-state index contributed by atoms with van der Waals surface area (Å²) in [7, 11) is 0. The molecule has 0 aliphatic heterocycles. The first-order chi connectivity index (χ1) is 13.0. The Morgan fingerprint density at radius 2 is 1.63 bits per heavy atom. The fourth-order valence-corrected chi connectivity index (χ4v) is 3.66. The summed E-state index contributed by atoms with van der Waals surface area (Å²) in [6, 6.07) is 15.8. The predicted octanol–water partition coefficient (Wildman–Crippen LogP) is 4.41. The van der Waals surface area contributed by atoms with E-state index in [2.05, 4.69) is 29.6 Å². The van der Waals surface area contributed by atoms with E-state index in [4.69, 9.17) is 9.84 Å². The molecule has 0 saturated heterocycles. The second-order valence-corrected chi connectivity index (χ2v) is 7.06. The summed E-state index contributed by atoms with van der Waals surface area (Å²) >= 11 is 0. The molecule has 0 saturated carbocycles. The van der Waals surface area contributed by atoms with Gasteiger partial charge in [0.05, 0.1) is 6.42 Å². The Morgan fingerprint density at radius 1 is 1.07 bits per heavy atom. The molecule has 27 heavy (non-hydrogen) atoms. The van der Waals surface area contributed by atoms with Crippen LogP contribution in [0.25, 0.3) is 11.1 Å². The molecule has 2 atom stereocenters. The Labute approximate surface area is 159 Å². The minimum absolute atomic E-state index is 0.00956. The number of aliphatic carboxylic acids is 1. The van der Waals surface area contributed by atoms with Crippen LogP contribution in [-0.4, -0.2) is 29.8 Å². The Morgan fingerprint density at radius 3 is 2.15 bits per heavy atom. The van der Waals surface area contributed by atoms with E-state index in [9.17, 15) is 9.59 Å². The number of ether oxygens (including phenoxy) is 1. The van der Waals surface area contributed by atoms with Crippen molar-refractivity contribution >= 4 is 12.1 Å². The lowest BCUT2D eigenvalue weighted by atomic mass is 9.96. The van der Waals surface area contributed by atoms with Crippen LogP contribution in [0.4, 0.5) is 4.79 Å². The molecule has 142 valence electrons. The van der Waals surface area contributed by atoms with Gasteiger partial charge < -0.3 is 15.2 Å². The van der Waals surface area contributed by atoms with E-state index in [-0.39, 0.29) is 24.9 Å². The van der Waals surface area contributed by atoms with E-state index in [0.717, 1.165) is 17.5 Å². The molecule has 0 radical (unpaired) electrons. The maximum absolute atomic E-state index is 12.3. The van der Waals surface area contributed by atoms with Crippen LogP contribution in [0.3, 0.4) is 0 Å². The average Bonchev–Trinajstić information content (AvgIpc) is 2.99. The van der Waals surface area contributed by atoms with Crippen LogP contribution >= 0.6 is 0 Å². The highest BCUT2D eigenvalue weighted by Crippen LogP contribution is 2.44. The standard InChI is InChI=1S/C22H25NO4/c1-3-14(2)20(12-21(24)25)23-22(26)27-13-19-17-10-6-4-8-15(17)16-9-5-7-11-18(16)19/h4-11,14,19-20H,3,12-13H2,1-2H3,(H,23,26)(H,24,25). The van der Waals surface area contributed by atoms with Gasteiger partial charge in [-0.1, -0.05) is 68.8 Å². The molecule has 0 bridgehead atoms. The molecule has 0 spiro atoms. The summed E-state index contributed by atoms with van der Waals surface area (Å²) in [5, 5.41) is 11.8. The number of hydrogen-bond acceptors (Lipinski definition) is 3. The molecule has 5 nitrogen and oxygen atoms in total. The molecule has 0 heterocycles. The number of carboxylic acids is 1. The van der Waals surface area contributed by atoms with Gasteiger partial charge in [0.25, 0.3) is 0 Å². The summed E-state index contributed by atoms with van der Waals surface area (Å²) in [5.41, 5.74) is 4.64. The van der Waals surface area contributed by atoms with Gasteiger partial charge in [0.15, 0.2) is 0 Å². The van der Waals surface area contributed by atoms with E-state index >= 15 is 0 Å². The van der Waals surface area contributed by atoms with E-state index in [1.165, 1.54) is 11.1 Å². The van der Waals surface area contributed by atoms with Gasteiger partial charge >= 0.3 is 12.1 Å². The molecular formula is C22H25NO4. The highest BCUT2D eigenvalue weighted by Gasteiger charge is 2.29. The number of fused-ring (bicyclic) bond motifs is 3. The number of benzene rings is 2. The van der Waals surface area contributed by atoms with Gasteiger partial charge in [0, 0.05) is 12.0 Å². The first-order valence-electron chi connectivity index (χ1n) is 9.34. The number of carbonyl (C=O) groups excluding carboxylic acids is 1. The molecule has 0 fully saturated rings. The third-order valence-corrected chi connectivity index (χ3v) is 5.37. The molecular weight excluding hydrogens is 342 g/mol. The second kappa shape index (κ2) is 8.25. The number of alkyl carbamates (subject to hydrolysis) is 1. The smallest absolute Gasteiger partial charge is 0.407 e. The molecule has 1 aliphatic carbocycles. The lowest BCUT2D eigenvalue weighted by molar-refractivity contribution is -0.137. The van der Waals surface area contributed by atoms with Crippen molar-refractivity contribution in [1.82, 2.24) is 5.32 Å². The fraction of sp³-hybridized carbons (Fsp3) is 0.364. The zero-order valence-electron chi connectivity index (χ0n) is 15.6. The van der Waals surface area contributed by atoms with E-state index < -0.39 is 18.1 Å². The van der Waals surface area contributed by atoms with Gasteiger partial charge in [0.2, 0.25) is 0 Å². The molecule has 0 aromatic heterocycles. The zero-order valence-corrected chi connectivity index (χ0v) is 15.6. The third kappa shape index (κ3) is 4.13. The Hall–Kier alpha value is -2.82. The van der Waals surface area contributed by atoms with Gasteiger partial charge in [-0.3, -0.25) is 4.79 Å². The zero-order chi connectivity index (χ0) is 19.4. The maximum atomic E-state index is 12.3. The van der Waals surface area contributed by atoms with Crippen molar-refractivity contribution in [3.05, 3.63) is 59.7 Å². The molecule has 1 aliphatic rings. The van der Waals surface area contributed by atoms with Crippen LogP contribution in [0.5, 0.6) is 0 Å². The highest BCUT2D eigenvalue weighted by atomic mass is 16.5. The summed E-state index contributed by atoms with van der Waals surface area (Å²) in [6.45, 7) is 4.12. The Bertz CT molecular complexity index is 787. The normalized spacial score (nSPS) is 14.7. The number of rotatable bonds is 7. The van der Waals surface area contributed by atoms with Crippen LogP contribution in [-0.2, 0) is 9.53 Å². The summed E-state index contributed by atoms with van der Waals surface area (Å²) in [6.07, 6.45) is 0.101. The maximum Gasteiger partial charge on any atom is 0.407 e. The van der Waals surface area contributed by atoms with Crippen LogP contribution in [0, 0.1) is 5.92 Å². The largest absolute Gasteiger partial charge is 0.481 e. The third-order valence-electron chi connectivity index (χ3n) is 5.37. The quantitative estimate of drug-likeness (QED) is 0.760. The summed E-state index contributed by atoms with van der Waals surface area (Å²) in [4.78, 5) is 23.4. The van der Waals surface area contributed by atoms with Crippen molar-refractivity contribution in [3.8, 4) is 11.1 Å². The van der Waals surface area contributed by atoms with Gasteiger partial charge in [-0.05, 0) is 28.2 Å². The highest BCUT2D eigenvalue weighted by molar-refractivity contribution is 5.79. The summed E-state index contributed by atoms with van der Waals surface area (Å²) in [5.74, 6) is -0.884. The first-order valence-corrected chi connectivity index (χ1v) is 9.34. The van der Waals surface area contributed by atoms with Crippen molar-refractivity contribution in [2.45, 2.75) is 38.6 Å². The van der Waals surface area contributed by atoms with Crippen molar-refractivity contribution in [2.75, 3.05) is 6.61 Å². The summed E-state index contributed by atoms with van der Waals surface area (Å²) < 4.78 is 5.50. The first kappa shape index (κ1) is 19.0. The Kier molecular flexibility index (Phi) is 5.79. The molecule has 2 aromatic rings. The molecule has 2 unspecified atom stereocenters. The van der Waals surface area contributed by atoms with Gasteiger partial charge in [-0.15, -0.1) is 0 Å². The van der Waals surface area contributed by atoms with Crippen molar-refractivity contribution in [3.63, 3.8) is 0 Å². The fourth-order valence-electron chi connectivity index (χ4n) is 3.66. The van der Waals surface area contributed by atoms with Crippen molar-refractivity contribution in [1.29, 1.82) is 0 Å². The van der Waals surface area contributed by atoms with Crippen LogP contribution in [0.15, 0.2) is 48.5 Å². The molecule has 1 amide bonds. The molecule has 2 aromatic carbocycles. The van der Waals surface area contributed by atoms with E-state index in [1.54, 1.807) is 0 Å². The Balaban J connectivity index is 1.69. The van der Waals surface area contributed by atoms with Crippen LogP contribution in [0.2, 0.25) is 0 Å². The van der Waals surface area contributed by atoms with Gasteiger partial charge in [-0.25, -0.2) is 4.79 Å². The monoisotopic (exact) mass is 367 g/mol. The number of carboxylic acid groups (broad SMARTS) is 1. The minimum Gasteiger partial charge on any atom is -0.481 e. The number of hydrogen-bond donors (Lipinski definition) is 2. The average molecular weight is 367 g/mol. The van der Waals surface area contributed by atoms with Crippen LogP contribution in [0.1, 0.15) is 43.7 Å². The van der Waals surface area contributed by atoms with Gasteiger partial charge in [-0.2, -0.15) is 0 Å². The second-order valence-electron chi connectivity index (χ2n) is 7.06. The number of nitrogens with one attached hydrogen (secondary N) is 1. The molecule has 3 rings (SSSR count). The molecule has 2 N–H and O–H groups in total. The SMILES string of the molecule is CCC(C)C(CC(=O)O)NC(=O)OCC1c2ccccc2-c2ccccc21. The predicted molar refractivity (Wildman–Crippen MR) is 104 cm³/mol. The lowest BCUT2D eigenvalue weighted by Gasteiger charge is -2.23. The van der Waals surface area contributed by atoms with Crippen molar-refractivity contribution in [2.24, 2.45) is 5.92 Å². The van der Waals surface area contributed by atoms with Gasteiger partial charge in [0.1, 0.15) is 6.61 Å². The van der Waals surface area contributed by atoms with E-state index in [0.29, 0.717) is 0 Å².